The number of nitrogens with one attached hydrogen (secondary N) is 1. The van der Waals surface area contributed by atoms with E-state index in [1.54, 1.807) is 0 Å². The van der Waals surface area contributed by atoms with Gasteiger partial charge in [-0.15, -0.1) is 0 Å². The number of carbonyl (C=O) groups is 1. The van der Waals surface area contributed by atoms with E-state index in [-0.39, 0.29) is 18.6 Å². The Morgan fingerprint density at radius 3 is 2.80 bits per heavy atom. The fourth-order valence-electron chi connectivity index (χ4n) is 2.62. The summed E-state index contributed by atoms with van der Waals surface area (Å²) >= 11 is 5.82. The third-order valence-electron chi connectivity index (χ3n) is 3.93. The molecule has 1 fully saturated rings. The van der Waals surface area contributed by atoms with Gasteiger partial charge in [-0.1, -0.05) is 30.7 Å². The van der Waals surface area contributed by atoms with Crippen LogP contribution in [0.15, 0.2) is 24.3 Å². The zero-order chi connectivity index (χ0) is 14.5. The molecule has 0 aromatic heterocycles. The van der Waals surface area contributed by atoms with Crippen LogP contribution in [-0.4, -0.2) is 41.7 Å². The third-order valence-corrected chi connectivity index (χ3v) is 4.19. The maximum absolute atomic E-state index is 11.9. The summed E-state index contributed by atoms with van der Waals surface area (Å²) in [6.45, 7) is 3.96. The van der Waals surface area contributed by atoms with Crippen LogP contribution >= 0.6 is 11.6 Å². The molecule has 110 valence electrons. The van der Waals surface area contributed by atoms with Crippen LogP contribution in [0.25, 0.3) is 0 Å². The average Bonchev–Trinajstić information content (AvgIpc) is 2.78. The first-order valence-electron chi connectivity index (χ1n) is 6.96. The van der Waals surface area contributed by atoms with E-state index in [9.17, 15) is 9.90 Å². The van der Waals surface area contributed by atoms with Gasteiger partial charge in [0.2, 0.25) is 5.91 Å². The van der Waals surface area contributed by atoms with Crippen molar-refractivity contribution >= 4 is 17.5 Å². The minimum atomic E-state index is -0.00694. The fourth-order valence-corrected chi connectivity index (χ4v) is 2.75. The minimum absolute atomic E-state index is 0.00694. The number of rotatable bonds is 5. The Balaban J connectivity index is 1.79. The first-order chi connectivity index (χ1) is 9.60. The predicted octanol–water partition coefficient (Wildman–Crippen LogP) is 1.66. The van der Waals surface area contributed by atoms with Gasteiger partial charge in [-0.05, 0) is 36.6 Å². The summed E-state index contributed by atoms with van der Waals surface area (Å²) in [5, 5.41) is 13.0. The summed E-state index contributed by atoms with van der Waals surface area (Å²) in [5.74, 6) is 0.441. The van der Waals surface area contributed by atoms with E-state index < -0.39 is 0 Å². The van der Waals surface area contributed by atoms with Gasteiger partial charge in [0, 0.05) is 17.6 Å². The van der Waals surface area contributed by atoms with E-state index in [4.69, 9.17) is 11.6 Å². The molecule has 1 aromatic rings. The SMILES string of the molecule is CC1CCN(CC(=O)NCc2ccc(Cl)cc2)C1CO. The lowest BCUT2D eigenvalue weighted by Gasteiger charge is -2.24. The van der Waals surface area contributed by atoms with Crippen LogP contribution in [0.1, 0.15) is 18.9 Å². The molecular formula is C15H21ClN2O2. The molecule has 4 nitrogen and oxygen atoms in total. The Hall–Kier alpha value is -1.10. The van der Waals surface area contributed by atoms with E-state index in [0.29, 0.717) is 24.0 Å². The van der Waals surface area contributed by atoms with Crippen LogP contribution in [0.2, 0.25) is 5.02 Å². The van der Waals surface area contributed by atoms with Gasteiger partial charge in [0.1, 0.15) is 0 Å². The van der Waals surface area contributed by atoms with Crippen molar-refractivity contribution in [2.75, 3.05) is 19.7 Å². The highest BCUT2D eigenvalue weighted by Gasteiger charge is 2.31. The molecule has 1 saturated heterocycles. The lowest BCUT2D eigenvalue weighted by molar-refractivity contribution is -0.122. The number of hydrogen-bond donors (Lipinski definition) is 2. The predicted molar refractivity (Wildman–Crippen MR) is 79.5 cm³/mol. The van der Waals surface area contributed by atoms with Crippen LogP contribution in [0.4, 0.5) is 0 Å². The zero-order valence-corrected chi connectivity index (χ0v) is 12.4. The lowest BCUT2D eigenvalue weighted by Crippen LogP contribution is -2.42. The summed E-state index contributed by atoms with van der Waals surface area (Å²) in [6.07, 6.45) is 1.04. The smallest absolute Gasteiger partial charge is 0.234 e. The molecule has 0 saturated carbocycles. The summed E-state index contributed by atoms with van der Waals surface area (Å²) < 4.78 is 0. The Bertz CT molecular complexity index is 450. The molecule has 0 spiro atoms. The van der Waals surface area contributed by atoms with Gasteiger partial charge in [-0.25, -0.2) is 0 Å². The fraction of sp³-hybridized carbons (Fsp3) is 0.533. The van der Waals surface area contributed by atoms with Crippen molar-refractivity contribution in [3.05, 3.63) is 34.9 Å². The third kappa shape index (κ3) is 3.95. The van der Waals surface area contributed by atoms with E-state index >= 15 is 0 Å². The first-order valence-corrected chi connectivity index (χ1v) is 7.34. The van der Waals surface area contributed by atoms with Gasteiger partial charge in [0.15, 0.2) is 0 Å². The van der Waals surface area contributed by atoms with Crippen molar-refractivity contribution in [1.82, 2.24) is 10.2 Å². The standard InChI is InChI=1S/C15H21ClN2O2/c1-11-6-7-18(14(11)10-19)9-15(20)17-8-12-2-4-13(16)5-3-12/h2-5,11,14,19H,6-10H2,1H3,(H,17,20). The molecule has 1 aliphatic heterocycles. The minimum Gasteiger partial charge on any atom is -0.395 e. The largest absolute Gasteiger partial charge is 0.395 e. The summed E-state index contributed by atoms with van der Waals surface area (Å²) in [7, 11) is 0. The Kier molecular flexibility index (Phi) is 5.40. The number of amides is 1. The molecule has 2 unspecified atom stereocenters. The van der Waals surface area contributed by atoms with Crippen LogP contribution < -0.4 is 5.32 Å². The van der Waals surface area contributed by atoms with Crippen molar-refractivity contribution < 1.29 is 9.90 Å². The Labute approximate surface area is 124 Å². The van der Waals surface area contributed by atoms with Crippen molar-refractivity contribution in [2.45, 2.75) is 25.9 Å². The first kappa shape index (κ1) is 15.3. The molecule has 0 radical (unpaired) electrons. The van der Waals surface area contributed by atoms with Crippen LogP contribution in [0.5, 0.6) is 0 Å². The van der Waals surface area contributed by atoms with E-state index in [2.05, 4.69) is 17.1 Å². The van der Waals surface area contributed by atoms with E-state index in [0.717, 1.165) is 18.5 Å². The molecule has 1 aliphatic rings. The summed E-state index contributed by atoms with van der Waals surface area (Å²) in [5.41, 5.74) is 1.02. The number of likely N-dealkylation sites (tertiary alicyclic amines) is 1. The molecule has 1 heterocycles. The van der Waals surface area contributed by atoms with Crippen molar-refractivity contribution in [2.24, 2.45) is 5.92 Å². The molecular weight excluding hydrogens is 276 g/mol. The topological polar surface area (TPSA) is 52.6 Å². The van der Waals surface area contributed by atoms with E-state index in [1.807, 2.05) is 24.3 Å². The number of aliphatic hydroxyl groups excluding tert-OH is 1. The maximum atomic E-state index is 11.9. The second-order valence-electron chi connectivity index (χ2n) is 5.39. The quantitative estimate of drug-likeness (QED) is 0.869. The molecule has 1 amide bonds. The molecule has 2 rings (SSSR count). The van der Waals surface area contributed by atoms with Crippen molar-refractivity contribution in [1.29, 1.82) is 0 Å². The van der Waals surface area contributed by atoms with Gasteiger partial charge in [-0.3, -0.25) is 9.69 Å². The number of aliphatic hydroxyl groups is 1. The maximum Gasteiger partial charge on any atom is 0.234 e. The van der Waals surface area contributed by atoms with Crippen molar-refractivity contribution in [3.63, 3.8) is 0 Å². The monoisotopic (exact) mass is 296 g/mol. The van der Waals surface area contributed by atoms with Gasteiger partial charge in [-0.2, -0.15) is 0 Å². The second-order valence-corrected chi connectivity index (χ2v) is 5.83. The van der Waals surface area contributed by atoms with Crippen molar-refractivity contribution in [3.8, 4) is 0 Å². The average molecular weight is 297 g/mol. The van der Waals surface area contributed by atoms with Gasteiger partial charge in [0.05, 0.1) is 13.2 Å². The molecule has 2 N–H and O–H groups in total. The number of nitrogens with zero attached hydrogens (tertiary/aromatic N) is 1. The van der Waals surface area contributed by atoms with Crippen LogP contribution in [0, 0.1) is 5.92 Å². The van der Waals surface area contributed by atoms with Gasteiger partial charge >= 0.3 is 0 Å². The van der Waals surface area contributed by atoms with Crippen LogP contribution in [0.3, 0.4) is 0 Å². The summed E-state index contributed by atoms with van der Waals surface area (Å²) in [6, 6.07) is 7.53. The molecule has 20 heavy (non-hydrogen) atoms. The second kappa shape index (κ2) is 7.07. The zero-order valence-electron chi connectivity index (χ0n) is 11.7. The molecule has 0 aliphatic carbocycles. The highest BCUT2D eigenvalue weighted by molar-refractivity contribution is 6.30. The number of benzene rings is 1. The van der Waals surface area contributed by atoms with Gasteiger partial charge in [0.25, 0.3) is 0 Å². The normalized spacial score (nSPS) is 22.9. The van der Waals surface area contributed by atoms with E-state index in [1.165, 1.54) is 0 Å². The molecule has 1 aromatic carbocycles. The molecule has 5 heteroatoms. The number of halogens is 1. The number of carbonyl (C=O) groups excluding carboxylic acids is 1. The van der Waals surface area contributed by atoms with Crippen LogP contribution in [-0.2, 0) is 11.3 Å². The Morgan fingerprint density at radius 2 is 2.15 bits per heavy atom. The van der Waals surface area contributed by atoms with Gasteiger partial charge < -0.3 is 10.4 Å². The molecule has 0 bridgehead atoms. The lowest BCUT2D eigenvalue weighted by atomic mass is 10.0. The Morgan fingerprint density at radius 1 is 1.45 bits per heavy atom. The molecule has 2 atom stereocenters. The highest BCUT2D eigenvalue weighted by atomic mass is 35.5. The highest BCUT2D eigenvalue weighted by Crippen LogP contribution is 2.22. The summed E-state index contributed by atoms with van der Waals surface area (Å²) in [4.78, 5) is 14.0. The number of hydrogen-bond acceptors (Lipinski definition) is 3.